The van der Waals surface area contributed by atoms with E-state index in [1.807, 2.05) is 0 Å². The lowest BCUT2D eigenvalue weighted by Gasteiger charge is -2.15. The van der Waals surface area contributed by atoms with Gasteiger partial charge in [-0.3, -0.25) is 9.59 Å². The molecule has 12 heteroatoms. The lowest BCUT2D eigenvalue weighted by molar-refractivity contribution is -0.153. The van der Waals surface area contributed by atoms with Crippen LogP contribution in [0.15, 0.2) is 53.4 Å². The SMILES string of the molecule is CC(=O)Nc1ccc(S(=O)(=O)N[C@@H](C)C(=O)NCc2ccc(OCC(F)(F)F)cc2)cc1. The summed E-state index contributed by atoms with van der Waals surface area (Å²) in [5, 5.41) is 5.06. The highest BCUT2D eigenvalue weighted by Crippen LogP contribution is 2.19. The molecule has 32 heavy (non-hydrogen) atoms. The smallest absolute Gasteiger partial charge is 0.422 e. The Balaban J connectivity index is 1.88. The van der Waals surface area contributed by atoms with Crippen LogP contribution in [-0.4, -0.2) is 39.1 Å². The highest BCUT2D eigenvalue weighted by atomic mass is 32.2. The molecule has 2 rings (SSSR count). The molecule has 0 aromatic heterocycles. The van der Waals surface area contributed by atoms with Crippen LogP contribution in [0.25, 0.3) is 0 Å². The molecule has 3 N–H and O–H groups in total. The van der Waals surface area contributed by atoms with Crippen LogP contribution in [-0.2, 0) is 26.2 Å². The van der Waals surface area contributed by atoms with Gasteiger partial charge in [-0.05, 0) is 48.9 Å². The van der Waals surface area contributed by atoms with E-state index in [-0.39, 0.29) is 23.1 Å². The second kappa shape index (κ2) is 10.5. The first-order chi connectivity index (χ1) is 14.9. The van der Waals surface area contributed by atoms with Crippen LogP contribution >= 0.6 is 0 Å². The van der Waals surface area contributed by atoms with Gasteiger partial charge in [0.1, 0.15) is 5.75 Å². The molecular weight excluding hydrogens is 451 g/mol. The lowest BCUT2D eigenvalue weighted by Crippen LogP contribution is -2.44. The van der Waals surface area contributed by atoms with Crippen molar-refractivity contribution in [1.29, 1.82) is 0 Å². The predicted octanol–water partition coefficient (Wildman–Crippen LogP) is 2.57. The zero-order chi connectivity index (χ0) is 23.9. The Morgan fingerprint density at radius 3 is 2.16 bits per heavy atom. The van der Waals surface area contributed by atoms with E-state index in [1.54, 1.807) is 0 Å². The zero-order valence-corrected chi connectivity index (χ0v) is 18.0. The molecule has 0 saturated carbocycles. The number of benzene rings is 2. The van der Waals surface area contributed by atoms with E-state index in [0.29, 0.717) is 11.3 Å². The van der Waals surface area contributed by atoms with Gasteiger partial charge in [-0.25, -0.2) is 8.42 Å². The fourth-order valence-electron chi connectivity index (χ4n) is 2.49. The average Bonchev–Trinajstić information content (AvgIpc) is 2.70. The molecule has 0 aliphatic carbocycles. The van der Waals surface area contributed by atoms with Crippen LogP contribution in [0.4, 0.5) is 18.9 Å². The van der Waals surface area contributed by atoms with E-state index in [0.717, 1.165) is 0 Å². The number of hydrogen-bond acceptors (Lipinski definition) is 5. The van der Waals surface area contributed by atoms with Crippen molar-refractivity contribution in [3.63, 3.8) is 0 Å². The van der Waals surface area contributed by atoms with Gasteiger partial charge in [-0.1, -0.05) is 12.1 Å². The summed E-state index contributed by atoms with van der Waals surface area (Å²) in [6.07, 6.45) is -4.44. The third-order valence-electron chi connectivity index (χ3n) is 4.00. The topological polar surface area (TPSA) is 114 Å². The molecule has 0 unspecified atom stereocenters. The Hall–Kier alpha value is -3.12. The quantitative estimate of drug-likeness (QED) is 0.518. The first kappa shape index (κ1) is 25.1. The van der Waals surface area contributed by atoms with Gasteiger partial charge in [0.05, 0.1) is 10.9 Å². The first-order valence-electron chi connectivity index (χ1n) is 9.32. The van der Waals surface area contributed by atoms with Crippen molar-refractivity contribution in [3.8, 4) is 5.75 Å². The molecule has 0 aliphatic heterocycles. The maximum Gasteiger partial charge on any atom is 0.422 e. The molecule has 0 radical (unpaired) electrons. The van der Waals surface area contributed by atoms with Crippen LogP contribution in [0, 0.1) is 0 Å². The van der Waals surface area contributed by atoms with E-state index in [9.17, 15) is 31.2 Å². The Kier molecular flexibility index (Phi) is 8.22. The maximum absolute atomic E-state index is 12.5. The fraction of sp³-hybridized carbons (Fsp3) is 0.300. The van der Waals surface area contributed by atoms with Crippen LogP contribution < -0.4 is 20.1 Å². The van der Waals surface area contributed by atoms with Gasteiger partial charge < -0.3 is 15.4 Å². The number of rotatable bonds is 9. The normalized spacial score (nSPS) is 12.7. The average molecular weight is 473 g/mol. The Morgan fingerprint density at radius 2 is 1.62 bits per heavy atom. The summed E-state index contributed by atoms with van der Waals surface area (Å²) in [7, 11) is -3.99. The summed E-state index contributed by atoms with van der Waals surface area (Å²) in [5.41, 5.74) is 1.01. The standard InChI is InChI=1S/C20H22F3N3O5S/c1-13(26-32(29,30)18-9-5-16(6-10-18)25-14(2)27)19(28)24-11-15-3-7-17(8-4-15)31-12-20(21,22)23/h3-10,13,26H,11-12H2,1-2H3,(H,24,28)(H,25,27)/t13-/m0/s1. The van der Waals surface area contributed by atoms with Crippen molar-refractivity contribution in [2.24, 2.45) is 0 Å². The summed E-state index contributed by atoms with van der Waals surface area (Å²) >= 11 is 0. The molecule has 2 aromatic carbocycles. The first-order valence-corrected chi connectivity index (χ1v) is 10.8. The van der Waals surface area contributed by atoms with Crippen molar-refractivity contribution in [3.05, 3.63) is 54.1 Å². The minimum absolute atomic E-state index is 0.0306. The summed E-state index contributed by atoms with van der Waals surface area (Å²) in [4.78, 5) is 23.2. The number of halogens is 3. The molecule has 0 saturated heterocycles. The number of nitrogens with one attached hydrogen (secondary N) is 3. The summed E-state index contributed by atoms with van der Waals surface area (Å²) in [6.45, 7) is 1.32. The monoisotopic (exact) mass is 473 g/mol. The molecule has 0 fully saturated rings. The summed E-state index contributed by atoms with van der Waals surface area (Å²) in [5.74, 6) is -0.864. The van der Waals surface area contributed by atoms with Crippen LogP contribution in [0.1, 0.15) is 19.4 Å². The van der Waals surface area contributed by atoms with E-state index in [1.165, 1.54) is 62.4 Å². The van der Waals surface area contributed by atoms with E-state index in [4.69, 9.17) is 0 Å². The number of amides is 2. The van der Waals surface area contributed by atoms with Gasteiger partial charge in [0.2, 0.25) is 21.8 Å². The highest BCUT2D eigenvalue weighted by molar-refractivity contribution is 7.89. The molecule has 2 aromatic rings. The van der Waals surface area contributed by atoms with Gasteiger partial charge >= 0.3 is 6.18 Å². The van der Waals surface area contributed by atoms with Crippen molar-refractivity contribution in [2.75, 3.05) is 11.9 Å². The lowest BCUT2D eigenvalue weighted by atomic mass is 10.2. The van der Waals surface area contributed by atoms with Gasteiger partial charge in [-0.15, -0.1) is 0 Å². The molecule has 0 spiro atoms. The molecule has 0 bridgehead atoms. The number of carbonyl (C=O) groups excluding carboxylic acids is 2. The molecular formula is C20H22F3N3O5S. The number of anilines is 1. The van der Waals surface area contributed by atoms with E-state index in [2.05, 4.69) is 20.1 Å². The highest BCUT2D eigenvalue weighted by Gasteiger charge is 2.28. The minimum Gasteiger partial charge on any atom is -0.484 e. The number of carbonyl (C=O) groups is 2. The molecule has 174 valence electrons. The fourth-order valence-corrected chi connectivity index (χ4v) is 3.69. The van der Waals surface area contributed by atoms with Gasteiger partial charge in [-0.2, -0.15) is 17.9 Å². The number of hydrogen-bond donors (Lipinski definition) is 3. The Bertz CT molecular complexity index is 1040. The third kappa shape index (κ3) is 8.19. The molecule has 1 atom stereocenters. The van der Waals surface area contributed by atoms with Crippen LogP contribution in [0.3, 0.4) is 0 Å². The van der Waals surface area contributed by atoms with Crippen molar-refractivity contribution in [2.45, 2.75) is 37.5 Å². The second-order valence-corrected chi connectivity index (χ2v) is 8.53. The largest absolute Gasteiger partial charge is 0.484 e. The number of sulfonamides is 1. The van der Waals surface area contributed by atoms with Gasteiger partial charge in [0, 0.05) is 19.2 Å². The van der Waals surface area contributed by atoms with Crippen molar-refractivity contribution >= 4 is 27.5 Å². The van der Waals surface area contributed by atoms with Gasteiger partial charge in [0.15, 0.2) is 6.61 Å². The number of alkyl halides is 3. The van der Waals surface area contributed by atoms with E-state index >= 15 is 0 Å². The third-order valence-corrected chi connectivity index (χ3v) is 5.56. The zero-order valence-electron chi connectivity index (χ0n) is 17.2. The van der Waals surface area contributed by atoms with Gasteiger partial charge in [0.25, 0.3) is 0 Å². The Morgan fingerprint density at radius 1 is 1.03 bits per heavy atom. The maximum atomic E-state index is 12.5. The predicted molar refractivity (Wildman–Crippen MR) is 110 cm³/mol. The van der Waals surface area contributed by atoms with Crippen molar-refractivity contribution in [1.82, 2.24) is 10.0 Å². The second-order valence-electron chi connectivity index (χ2n) is 6.81. The summed E-state index contributed by atoms with van der Waals surface area (Å²) < 4.78 is 68.2. The minimum atomic E-state index is -4.44. The van der Waals surface area contributed by atoms with Crippen molar-refractivity contribution < 1.29 is 35.9 Å². The van der Waals surface area contributed by atoms with Crippen LogP contribution in [0.2, 0.25) is 0 Å². The molecule has 8 nitrogen and oxygen atoms in total. The Labute approximate surface area is 183 Å². The van der Waals surface area contributed by atoms with E-state index < -0.39 is 34.8 Å². The molecule has 0 heterocycles. The van der Waals surface area contributed by atoms with Crippen LogP contribution in [0.5, 0.6) is 5.75 Å². The number of ether oxygens (including phenoxy) is 1. The summed E-state index contributed by atoms with van der Waals surface area (Å²) in [6, 6.07) is 9.97. The molecule has 2 amide bonds. The molecule has 0 aliphatic rings.